The Morgan fingerprint density at radius 1 is 1.26 bits per heavy atom. The standard InChI is InChI=1S/C27H44O4/c1-18(7-5-13-26(3,31)17-28)23-11-12-24-20(8-6-14-27(23,24)4)9-10-21-15-22(29)16-25(30)19(21)2/h9-10,18,22-25,28-31H,2,5-8,11-17H2,1,3-4H3/b20-9+,21-10+/t18-,22-,23-,24+,25+,26+,27-/m1/s1. The lowest BCUT2D eigenvalue weighted by molar-refractivity contribution is -0.00891. The number of aliphatic hydroxyl groups is 4. The summed E-state index contributed by atoms with van der Waals surface area (Å²) in [6, 6.07) is 0. The maximum atomic E-state index is 10.1. The van der Waals surface area contributed by atoms with Crippen LogP contribution in [0.2, 0.25) is 0 Å². The molecule has 0 bridgehead atoms. The van der Waals surface area contributed by atoms with Crippen LogP contribution in [0.25, 0.3) is 0 Å². The third kappa shape index (κ3) is 5.52. The molecule has 3 aliphatic rings. The zero-order valence-electron chi connectivity index (χ0n) is 19.8. The summed E-state index contributed by atoms with van der Waals surface area (Å²) in [6.07, 6.45) is 13.1. The summed E-state index contributed by atoms with van der Waals surface area (Å²) >= 11 is 0. The van der Waals surface area contributed by atoms with Gasteiger partial charge in [0.15, 0.2) is 0 Å². The van der Waals surface area contributed by atoms with Gasteiger partial charge in [-0.05, 0) is 86.2 Å². The van der Waals surface area contributed by atoms with Gasteiger partial charge in [-0.25, -0.2) is 0 Å². The van der Waals surface area contributed by atoms with Gasteiger partial charge >= 0.3 is 0 Å². The van der Waals surface area contributed by atoms with Gasteiger partial charge in [-0.2, -0.15) is 0 Å². The molecule has 31 heavy (non-hydrogen) atoms. The van der Waals surface area contributed by atoms with Crippen LogP contribution in [0.1, 0.15) is 85.0 Å². The van der Waals surface area contributed by atoms with Crippen LogP contribution < -0.4 is 0 Å². The van der Waals surface area contributed by atoms with Crippen LogP contribution in [0, 0.1) is 23.2 Å². The Kier molecular flexibility index (Phi) is 7.89. The van der Waals surface area contributed by atoms with E-state index < -0.39 is 17.8 Å². The smallest absolute Gasteiger partial charge is 0.0849 e. The monoisotopic (exact) mass is 432 g/mol. The normalized spacial score (nSPS) is 39.5. The Hall–Kier alpha value is -0.940. The van der Waals surface area contributed by atoms with E-state index in [9.17, 15) is 20.4 Å². The Morgan fingerprint density at radius 3 is 2.71 bits per heavy atom. The van der Waals surface area contributed by atoms with Crippen LogP contribution >= 0.6 is 0 Å². The molecule has 3 fully saturated rings. The largest absolute Gasteiger partial charge is 0.393 e. The molecule has 3 rings (SSSR count). The van der Waals surface area contributed by atoms with Crippen molar-refractivity contribution in [1.29, 1.82) is 0 Å². The molecule has 0 aromatic rings. The van der Waals surface area contributed by atoms with Crippen molar-refractivity contribution in [2.45, 2.75) is 103 Å². The minimum Gasteiger partial charge on any atom is -0.393 e. The first-order valence-electron chi connectivity index (χ1n) is 12.4. The molecule has 7 atom stereocenters. The maximum Gasteiger partial charge on any atom is 0.0849 e. The van der Waals surface area contributed by atoms with Gasteiger partial charge in [0.05, 0.1) is 24.4 Å². The molecule has 0 radical (unpaired) electrons. The third-order valence-corrected chi connectivity index (χ3v) is 8.70. The first-order chi connectivity index (χ1) is 14.6. The van der Waals surface area contributed by atoms with Gasteiger partial charge in [-0.15, -0.1) is 0 Å². The molecule has 3 aliphatic carbocycles. The predicted octanol–water partition coefficient (Wildman–Crippen LogP) is 4.68. The summed E-state index contributed by atoms with van der Waals surface area (Å²) in [5, 5.41) is 39.5. The molecule has 0 spiro atoms. The van der Waals surface area contributed by atoms with E-state index in [-0.39, 0.29) is 6.61 Å². The van der Waals surface area contributed by atoms with E-state index in [1.54, 1.807) is 6.92 Å². The number of rotatable bonds is 7. The lowest BCUT2D eigenvalue weighted by Gasteiger charge is -2.44. The molecule has 0 amide bonds. The lowest BCUT2D eigenvalue weighted by atomic mass is 9.60. The van der Waals surface area contributed by atoms with Crippen molar-refractivity contribution in [3.05, 3.63) is 35.5 Å². The summed E-state index contributed by atoms with van der Waals surface area (Å²) in [6.45, 7) is 10.5. The minimum atomic E-state index is -0.958. The number of fused-ring (bicyclic) bond motifs is 1. The van der Waals surface area contributed by atoms with E-state index in [4.69, 9.17) is 0 Å². The molecule has 0 heterocycles. The molecule has 0 aliphatic heterocycles. The van der Waals surface area contributed by atoms with Gasteiger partial charge in [0.2, 0.25) is 0 Å². The van der Waals surface area contributed by atoms with Crippen molar-refractivity contribution < 1.29 is 20.4 Å². The lowest BCUT2D eigenvalue weighted by Crippen LogP contribution is -2.36. The van der Waals surface area contributed by atoms with Crippen molar-refractivity contribution in [2.24, 2.45) is 23.2 Å². The highest BCUT2D eigenvalue weighted by Gasteiger charge is 2.50. The third-order valence-electron chi connectivity index (χ3n) is 8.70. The molecule has 4 N–H and O–H groups in total. The Balaban J connectivity index is 1.68. The Bertz CT molecular complexity index is 706. The average molecular weight is 433 g/mol. The summed E-state index contributed by atoms with van der Waals surface area (Å²) in [4.78, 5) is 0. The second-order valence-corrected chi connectivity index (χ2v) is 11.2. The van der Waals surface area contributed by atoms with Crippen molar-refractivity contribution in [2.75, 3.05) is 6.61 Å². The van der Waals surface area contributed by atoms with Crippen LogP contribution in [0.5, 0.6) is 0 Å². The first-order valence-corrected chi connectivity index (χ1v) is 12.4. The average Bonchev–Trinajstić information content (AvgIpc) is 3.07. The SMILES string of the molecule is C=C1/C(=C/C=C2\CCC[C@]3(C)[C@@H]([C@H](C)CCC[C@](C)(O)CO)CC[C@@H]23)C[C@@H](O)C[C@@H]1O. The van der Waals surface area contributed by atoms with Crippen molar-refractivity contribution in [3.63, 3.8) is 0 Å². The van der Waals surface area contributed by atoms with Crippen LogP contribution in [-0.2, 0) is 0 Å². The molecular formula is C27H44O4. The fraction of sp³-hybridized carbons (Fsp3) is 0.778. The van der Waals surface area contributed by atoms with Crippen molar-refractivity contribution >= 4 is 0 Å². The van der Waals surface area contributed by atoms with Crippen LogP contribution in [0.3, 0.4) is 0 Å². The van der Waals surface area contributed by atoms with Gasteiger partial charge < -0.3 is 20.4 Å². The first kappa shape index (κ1) is 24.7. The second kappa shape index (κ2) is 9.91. The zero-order chi connectivity index (χ0) is 22.8. The summed E-state index contributed by atoms with van der Waals surface area (Å²) < 4.78 is 0. The van der Waals surface area contributed by atoms with Gasteiger partial charge in [-0.1, -0.05) is 51.0 Å². The van der Waals surface area contributed by atoms with E-state index in [2.05, 4.69) is 32.6 Å². The van der Waals surface area contributed by atoms with E-state index in [1.807, 2.05) is 0 Å². The van der Waals surface area contributed by atoms with Crippen LogP contribution in [0.4, 0.5) is 0 Å². The van der Waals surface area contributed by atoms with Crippen LogP contribution in [0.15, 0.2) is 35.5 Å². The highest BCUT2D eigenvalue weighted by Crippen LogP contribution is 2.60. The summed E-state index contributed by atoms with van der Waals surface area (Å²) in [5.74, 6) is 1.92. The highest BCUT2D eigenvalue weighted by molar-refractivity contribution is 5.38. The second-order valence-electron chi connectivity index (χ2n) is 11.2. The van der Waals surface area contributed by atoms with Gasteiger partial charge in [0, 0.05) is 6.42 Å². The quantitative estimate of drug-likeness (QED) is 0.471. The number of allylic oxidation sites excluding steroid dienone is 3. The Morgan fingerprint density at radius 2 is 2.00 bits per heavy atom. The topological polar surface area (TPSA) is 80.9 Å². The maximum absolute atomic E-state index is 10.1. The summed E-state index contributed by atoms with van der Waals surface area (Å²) in [7, 11) is 0. The van der Waals surface area contributed by atoms with E-state index in [0.717, 1.165) is 30.4 Å². The number of hydrogen-bond acceptors (Lipinski definition) is 4. The molecule has 0 unspecified atom stereocenters. The number of aliphatic hydroxyl groups excluding tert-OH is 3. The molecular weight excluding hydrogens is 388 g/mol. The molecule has 0 aromatic carbocycles. The molecule has 0 aromatic heterocycles. The van der Waals surface area contributed by atoms with Gasteiger partial charge in [-0.3, -0.25) is 0 Å². The van der Waals surface area contributed by atoms with Gasteiger partial charge in [0.1, 0.15) is 0 Å². The number of hydrogen-bond donors (Lipinski definition) is 4. The predicted molar refractivity (Wildman–Crippen MR) is 125 cm³/mol. The molecule has 0 saturated heterocycles. The highest BCUT2D eigenvalue weighted by atomic mass is 16.3. The van der Waals surface area contributed by atoms with E-state index in [1.165, 1.54) is 31.3 Å². The minimum absolute atomic E-state index is 0.172. The molecule has 4 heteroatoms. The fourth-order valence-corrected chi connectivity index (χ4v) is 6.76. The Labute approximate surface area is 188 Å². The molecule has 3 saturated carbocycles. The zero-order valence-corrected chi connectivity index (χ0v) is 19.8. The van der Waals surface area contributed by atoms with Crippen molar-refractivity contribution in [3.8, 4) is 0 Å². The van der Waals surface area contributed by atoms with E-state index in [0.29, 0.717) is 42.4 Å². The van der Waals surface area contributed by atoms with Crippen LogP contribution in [-0.4, -0.2) is 44.8 Å². The molecule has 176 valence electrons. The van der Waals surface area contributed by atoms with Gasteiger partial charge in [0.25, 0.3) is 0 Å². The van der Waals surface area contributed by atoms with Crippen molar-refractivity contribution in [1.82, 2.24) is 0 Å². The fourth-order valence-electron chi connectivity index (χ4n) is 6.76. The van der Waals surface area contributed by atoms with E-state index >= 15 is 0 Å². The summed E-state index contributed by atoms with van der Waals surface area (Å²) in [5.41, 5.74) is 2.65. The molecule has 4 nitrogen and oxygen atoms in total.